The van der Waals surface area contributed by atoms with E-state index in [1.165, 1.54) is 69.8 Å². The summed E-state index contributed by atoms with van der Waals surface area (Å²) in [5.74, 6) is 2.57. The number of aromatic nitrogens is 2. The number of ether oxygens (including phenoxy) is 2. The first-order valence-corrected chi connectivity index (χ1v) is 16.5. The monoisotopic (exact) mass is 589 g/mol. The van der Waals surface area contributed by atoms with Gasteiger partial charge >= 0.3 is 0 Å². The zero-order chi connectivity index (χ0) is 30.7. The number of hydrogen-bond acceptors (Lipinski definition) is 5. The molecular weight excluding hydrogens is 542 g/mol. The molecule has 0 amide bonds. The lowest BCUT2D eigenvalue weighted by Gasteiger charge is -2.08. The predicted molar refractivity (Wildman–Crippen MR) is 180 cm³/mol. The molecule has 4 aromatic rings. The molecule has 5 nitrogen and oxygen atoms in total. The van der Waals surface area contributed by atoms with Gasteiger partial charge in [0.1, 0.15) is 11.5 Å². The molecule has 1 heterocycles. The van der Waals surface area contributed by atoms with E-state index in [4.69, 9.17) is 14.7 Å². The molecular formula is C39H47N3O2. The van der Waals surface area contributed by atoms with Gasteiger partial charge in [0.25, 0.3) is 0 Å². The first kappa shape index (κ1) is 32.7. The highest BCUT2D eigenvalue weighted by Crippen LogP contribution is 2.23. The normalized spacial score (nSPS) is 10.8. The lowest BCUT2D eigenvalue weighted by atomic mass is 10.0. The van der Waals surface area contributed by atoms with Gasteiger partial charge in [-0.05, 0) is 90.9 Å². The number of hydrogen-bond donors (Lipinski definition) is 0. The Hall–Kier alpha value is -4.17. The molecule has 5 heteroatoms. The summed E-state index contributed by atoms with van der Waals surface area (Å²) >= 11 is 0. The standard InChI is InChI=1S/C39H47N3O2/c1-2-3-4-5-8-11-14-33-30-41-39(42-31-33)36-21-25-38(26-22-36)44-28-13-10-7-6-9-12-27-43-37-23-19-35(20-24-37)34-17-15-32(29-40)16-18-34/h15-26,30-31H,2-14,27-28H2,1H3. The molecule has 0 bridgehead atoms. The van der Waals surface area contributed by atoms with Crippen molar-refractivity contribution < 1.29 is 9.47 Å². The molecule has 0 aliphatic heterocycles. The molecule has 0 spiro atoms. The molecule has 3 aromatic carbocycles. The Morgan fingerprint density at radius 2 is 1.00 bits per heavy atom. The highest BCUT2D eigenvalue weighted by molar-refractivity contribution is 5.65. The molecule has 0 radical (unpaired) electrons. The van der Waals surface area contributed by atoms with E-state index >= 15 is 0 Å². The van der Waals surface area contributed by atoms with Crippen molar-refractivity contribution in [2.45, 2.75) is 90.4 Å². The maximum Gasteiger partial charge on any atom is 0.159 e. The molecule has 0 saturated heterocycles. The van der Waals surface area contributed by atoms with Crippen LogP contribution in [0, 0.1) is 11.3 Å². The Labute approximate surface area is 264 Å². The van der Waals surface area contributed by atoms with Crippen molar-refractivity contribution in [2.75, 3.05) is 13.2 Å². The van der Waals surface area contributed by atoms with Crippen LogP contribution in [0.4, 0.5) is 0 Å². The molecule has 0 saturated carbocycles. The number of unbranched alkanes of at least 4 members (excludes halogenated alkanes) is 10. The van der Waals surface area contributed by atoms with E-state index in [2.05, 4.69) is 35.1 Å². The van der Waals surface area contributed by atoms with Gasteiger partial charge < -0.3 is 9.47 Å². The quantitative estimate of drug-likeness (QED) is 0.0959. The van der Waals surface area contributed by atoms with Gasteiger partial charge in [-0.1, -0.05) is 89.0 Å². The van der Waals surface area contributed by atoms with Gasteiger partial charge in [-0.3, -0.25) is 0 Å². The third-order valence-corrected chi connectivity index (χ3v) is 7.91. The average molecular weight is 590 g/mol. The smallest absolute Gasteiger partial charge is 0.159 e. The van der Waals surface area contributed by atoms with Crippen molar-refractivity contribution >= 4 is 0 Å². The maximum atomic E-state index is 8.96. The first-order chi connectivity index (χ1) is 21.7. The summed E-state index contributed by atoms with van der Waals surface area (Å²) in [6.45, 7) is 3.74. The van der Waals surface area contributed by atoms with E-state index in [-0.39, 0.29) is 0 Å². The summed E-state index contributed by atoms with van der Waals surface area (Å²) in [5.41, 5.74) is 5.14. The van der Waals surface area contributed by atoms with Gasteiger partial charge in [-0.15, -0.1) is 0 Å². The summed E-state index contributed by atoms with van der Waals surface area (Å²) in [6.07, 6.45) is 19.8. The second-order valence-electron chi connectivity index (χ2n) is 11.5. The van der Waals surface area contributed by atoms with Crippen LogP contribution in [0.3, 0.4) is 0 Å². The molecule has 0 atom stereocenters. The minimum atomic E-state index is 0.676. The lowest BCUT2D eigenvalue weighted by Crippen LogP contribution is -1.98. The van der Waals surface area contributed by atoms with Crippen molar-refractivity contribution in [3.63, 3.8) is 0 Å². The highest BCUT2D eigenvalue weighted by atomic mass is 16.5. The maximum absolute atomic E-state index is 8.96. The van der Waals surface area contributed by atoms with E-state index in [0.717, 1.165) is 66.5 Å². The van der Waals surface area contributed by atoms with E-state index in [9.17, 15) is 0 Å². The topological polar surface area (TPSA) is 68.0 Å². The molecule has 0 aliphatic rings. The van der Waals surface area contributed by atoms with Gasteiger partial charge in [-0.25, -0.2) is 9.97 Å². The lowest BCUT2D eigenvalue weighted by molar-refractivity contribution is 0.297. The Morgan fingerprint density at radius 1 is 0.545 bits per heavy atom. The fraction of sp³-hybridized carbons (Fsp3) is 0.410. The van der Waals surface area contributed by atoms with Gasteiger partial charge in [0, 0.05) is 18.0 Å². The highest BCUT2D eigenvalue weighted by Gasteiger charge is 2.04. The SMILES string of the molecule is CCCCCCCCc1cnc(-c2ccc(OCCCCCCCCOc3ccc(-c4ccc(C#N)cc4)cc3)cc2)nc1. The Kier molecular flexibility index (Phi) is 14.3. The fourth-order valence-corrected chi connectivity index (χ4v) is 5.21. The fourth-order valence-electron chi connectivity index (χ4n) is 5.21. The summed E-state index contributed by atoms with van der Waals surface area (Å²) in [4.78, 5) is 9.19. The third kappa shape index (κ3) is 11.5. The van der Waals surface area contributed by atoms with E-state index in [0.29, 0.717) is 5.56 Å². The van der Waals surface area contributed by atoms with E-state index in [1.807, 2.05) is 73.1 Å². The van der Waals surface area contributed by atoms with Crippen LogP contribution in [0.15, 0.2) is 85.2 Å². The molecule has 0 fully saturated rings. The summed E-state index contributed by atoms with van der Waals surface area (Å²) in [5, 5.41) is 8.96. The Balaban J connectivity index is 1.01. The number of nitriles is 1. The van der Waals surface area contributed by atoms with Crippen molar-refractivity contribution in [2.24, 2.45) is 0 Å². The molecule has 1 aromatic heterocycles. The minimum Gasteiger partial charge on any atom is -0.494 e. The van der Waals surface area contributed by atoms with Crippen LogP contribution in [0.2, 0.25) is 0 Å². The van der Waals surface area contributed by atoms with Crippen LogP contribution < -0.4 is 9.47 Å². The third-order valence-electron chi connectivity index (χ3n) is 7.91. The number of benzene rings is 3. The summed E-state index contributed by atoms with van der Waals surface area (Å²) in [6, 6.07) is 26.1. The van der Waals surface area contributed by atoms with Crippen molar-refractivity contribution in [1.82, 2.24) is 9.97 Å². The van der Waals surface area contributed by atoms with Crippen LogP contribution in [0.5, 0.6) is 11.5 Å². The number of nitrogens with zero attached hydrogens (tertiary/aromatic N) is 3. The Bertz CT molecular complexity index is 1380. The average Bonchev–Trinajstić information content (AvgIpc) is 3.08. The summed E-state index contributed by atoms with van der Waals surface area (Å²) < 4.78 is 11.9. The molecule has 4 rings (SSSR count). The van der Waals surface area contributed by atoms with Crippen molar-refractivity contribution in [1.29, 1.82) is 5.26 Å². The van der Waals surface area contributed by atoms with Crippen LogP contribution in [0.1, 0.15) is 95.1 Å². The molecule has 44 heavy (non-hydrogen) atoms. The zero-order valence-electron chi connectivity index (χ0n) is 26.3. The van der Waals surface area contributed by atoms with Crippen molar-refractivity contribution in [3.05, 3.63) is 96.3 Å². The second-order valence-corrected chi connectivity index (χ2v) is 11.5. The van der Waals surface area contributed by atoms with E-state index in [1.54, 1.807) is 0 Å². The Morgan fingerprint density at radius 3 is 1.52 bits per heavy atom. The minimum absolute atomic E-state index is 0.676. The van der Waals surface area contributed by atoms with Crippen LogP contribution in [-0.2, 0) is 6.42 Å². The van der Waals surface area contributed by atoms with Crippen LogP contribution in [-0.4, -0.2) is 23.2 Å². The van der Waals surface area contributed by atoms with Crippen molar-refractivity contribution in [3.8, 4) is 40.1 Å². The van der Waals surface area contributed by atoms with Gasteiger partial charge in [0.15, 0.2) is 5.82 Å². The first-order valence-electron chi connectivity index (χ1n) is 16.5. The molecule has 0 N–H and O–H groups in total. The van der Waals surface area contributed by atoms with E-state index < -0.39 is 0 Å². The number of aryl methyl sites for hydroxylation is 1. The number of rotatable bonds is 20. The predicted octanol–water partition coefficient (Wildman–Crippen LogP) is 10.4. The largest absolute Gasteiger partial charge is 0.494 e. The van der Waals surface area contributed by atoms with Crippen LogP contribution in [0.25, 0.3) is 22.5 Å². The van der Waals surface area contributed by atoms with Gasteiger partial charge in [0.05, 0.1) is 24.8 Å². The molecule has 0 unspecified atom stereocenters. The summed E-state index contributed by atoms with van der Waals surface area (Å²) in [7, 11) is 0. The second kappa shape index (κ2) is 19.2. The molecule has 0 aliphatic carbocycles. The zero-order valence-corrected chi connectivity index (χ0v) is 26.3. The van der Waals surface area contributed by atoms with Gasteiger partial charge in [-0.2, -0.15) is 5.26 Å². The molecule has 230 valence electrons. The van der Waals surface area contributed by atoms with Crippen LogP contribution >= 0.6 is 0 Å². The van der Waals surface area contributed by atoms with Gasteiger partial charge in [0.2, 0.25) is 0 Å².